The highest BCUT2D eigenvalue weighted by Gasteiger charge is 2.27. The minimum atomic E-state index is -3.52. The third-order valence-electron chi connectivity index (χ3n) is 4.46. The number of methoxy groups -OCH3 is 1. The maximum Gasteiger partial charge on any atom is 0.255 e. The Morgan fingerprint density at radius 3 is 2.54 bits per heavy atom. The van der Waals surface area contributed by atoms with Crippen molar-refractivity contribution in [1.29, 1.82) is 0 Å². The molecule has 2 aromatic carbocycles. The van der Waals surface area contributed by atoms with Crippen molar-refractivity contribution in [2.75, 3.05) is 25.5 Å². The van der Waals surface area contributed by atoms with Crippen molar-refractivity contribution in [1.82, 2.24) is 4.31 Å². The summed E-state index contributed by atoms with van der Waals surface area (Å²) < 4.78 is 32.0. The second kappa shape index (κ2) is 7.47. The van der Waals surface area contributed by atoms with Gasteiger partial charge in [0.15, 0.2) is 0 Å². The van der Waals surface area contributed by atoms with E-state index >= 15 is 0 Å². The van der Waals surface area contributed by atoms with Gasteiger partial charge in [-0.3, -0.25) is 4.79 Å². The summed E-state index contributed by atoms with van der Waals surface area (Å²) in [6.45, 7) is 2.98. The largest absolute Gasteiger partial charge is 0.496 e. The quantitative estimate of drug-likeness (QED) is 0.873. The van der Waals surface area contributed by atoms with Gasteiger partial charge in [0, 0.05) is 24.3 Å². The van der Waals surface area contributed by atoms with Crippen LogP contribution in [0.2, 0.25) is 0 Å². The van der Waals surface area contributed by atoms with Gasteiger partial charge in [-0.15, -0.1) is 0 Å². The molecule has 1 aliphatic rings. The number of rotatable bonds is 5. The van der Waals surface area contributed by atoms with E-state index in [9.17, 15) is 13.2 Å². The van der Waals surface area contributed by atoms with Crippen LogP contribution >= 0.6 is 0 Å². The maximum absolute atomic E-state index is 12.7. The molecule has 1 aliphatic heterocycles. The molecular weight excluding hydrogens is 352 g/mol. The lowest BCUT2D eigenvalue weighted by atomic mass is 10.1. The molecule has 1 heterocycles. The molecule has 138 valence electrons. The van der Waals surface area contributed by atoms with Crippen LogP contribution in [0, 0.1) is 6.92 Å². The van der Waals surface area contributed by atoms with Gasteiger partial charge in [-0.1, -0.05) is 12.1 Å². The number of nitrogens with one attached hydrogen (secondary N) is 1. The molecule has 6 nitrogen and oxygen atoms in total. The van der Waals surface area contributed by atoms with Crippen molar-refractivity contribution < 1.29 is 17.9 Å². The number of benzene rings is 2. The molecule has 7 heteroatoms. The Kier molecular flexibility index (Phi) is 5.29. The number of amides is 1. The smallest absolute Gasteiger partial charge is 0.255 e. The first-order valence-electron chi connectivity index (χ1n) is 8.48. The van der Waals surface area contributed by atoms with Gasteiger partial charge in [0.1, 0.15) is 5.75 Å². The molecule has 0 atom stereocenters. The number of anilines is 1. The lowest BCUT2D eigenvalue weighted by Crippen LogP contribution is -2.27. The molecule has 0 spiro atoms. The maximum atomic E-state index is 12.7. The Morgan fingerprint density at radius 2 is 1.85 bits per heavy atom. The average Bonchev–Trinajstić information content (AvgIpc) is 3.18. The number of hydrogen-bond donors (Lipinski definition) is 1. The Morgan fingerprint density at radius 1 is 1.12 bits per heavy atom. The Balaban J connectivity index is 1.81. The lowest BCUT2D eigenvalue weighted by Gasteiger charge is -2.16. The van der Waals surface area contributed by atoms with Crippen LogP contribution < -0.4 is 10.1 Å². The molecule has 26 heavy (non-hydrogen) atoms. The highest BCUT2D eigenvalue weighted by atomic mass is 32.2. The highest BCUT2D eigenvalue weighted by Crippen LogP contribution is 2.24. The van der Waals surface area contributed by atoms with Crippen molar-refractivity contribution in [2.24, 2.45) is 0 Å². The van der Waals surface area contributed by atoms with Crippen LogP contribution in [0.5, 0.6) is 5.75 Å². The number of ether oxygens (including phenoxy) is 1. The van der Waals surface area contributed by atoms with Gasteiger partial charge in [0.25, 0.3) is 5.91 Å². The monoisotopic (exact) mass is 374 g/mol. The van der Waals surface area contributed by atoms with Gasteiger partial charge in [-0.2, -0.15) is 4.31 Å². The van der Waals surface area contributed by atoms with Gasteiger partial charge >= 0.3 is 0 Å². The molecule has 1 fully saturated rings. The zero-order valence-corrected chi connectivity index (χ0v) is 15.7. The fourth-order valence-corrected chi connectivity index (χ4v) is 4.54. The van der Waals surface area contributed by atoms with Gasteiger partial charge < -0.3 is 10.1 Å². The molecule has 0 aliphatic carbocycles. The zero-order chi connectivity index (χ0) is 18.7. The van der Waals surface area contributed by atoms with E-state index in [1.165, 1.54) is 10.4 Å². The molecular formula is C19H22N2O4S. The fraction of sp³-hybridized carbons (Fsp3) is 0.316. The first kappa shape index (κ1) is 18.4. The fourth-order valence-electron chi connectivity index (χ4n) is 2.98. The van der Waals surface area contributed by atoms with Crippen molar-refractivity contribution >= 4 is 21.6 Å². The molecule has 3 rings (SSSR count). The summed E-state index contributed by atoms with van der Waals surface area (Å²) >= 11 is 0. The van der Waals surface area contributed by atoms with Gasteiger partial charge in [-0.25, -0.2) is 8.42 Å². The number of carbonyl (C=O) groups is 1. The van der Waals surface area contributed by atoms with E-state index in [2.05, 4.69) is 5.32 Å². The number of hydrogen-bond acceptors (Lipinski definition) is 4. The highest BCUT2D eigenvalue weighted by molar-refractivity contribution is 7.89. The van der Waals surface area contributed by atoms with E-state index in [4.69, 9.17) is 4.74 Å². The molecule has 1 N–H and O–H groups in total. The van der Waals surface area contributed by atoms with E-state index in [1.54, 1.807) is 37.4 Å². The van der Waals surface area contributed by atoms with E-state index in [0.29, 0.717) is 30.1 Å². The summed E-state index contributed by atoms with van der Waals surface area (Å²) in [6, 6.07) is 11.5. The normalized spacial score (nSPS) is 15.0. The third kappa shape index (κ3) is 3.73. The first-order valence-corrected chi connectivity index (χ1v) is 9.92. The standard InChI is InChI=1S/C19H22N2O4S/c1-14-8-9-15(12-18(14)25-2)19(22)20-16-6-5-7-17(13-16)26(23,24)21-10-3-4-11-21/h5-9,12-13H,3-4,10-11H2,1-2H3,(H,20,22). The minimum Gasteiger partial charge on any atom is -0.496 e. The van der Waals surface area contributed by atoms with Crippen LogP contribution in [0.1, 0.15) is 28.8 Å². The predicted molar refractivity (Wildman–Crippen MR) is 100 cm³/mol. The molecule has 0 saturated carbocycles. The summed E-state index contributed by atoms with van der Waals surface area (Å²) in [6.07, 6.45) is 1.76. The van der Waals surface area contributed by atoms with Crippen LogP contribution in [-0.2, 0) is 10.0 Å². The van der Waals surface area contributed by atoms with Crippen LogP contribution in [0.4, 0.5) is 5.69 Å². The number of nitrogens with zero attached hydrogens (tertiary/aromatic N) is 1. The molecule has 2 aromatic rings. The van der Waals surface area contributed by atoms with Gasteiger partial charge in [0.2, 0.25) is 10.0 Å². The molecule has 0 bridgehead atoms. The second-order valence-electron chi connectivity index (χ2n) is 6.28. The molecule has 0 radical (unpaired) electrons. The van der Waals surface area contributed by atoms with Gasteiger partial charge in [-0.05, 0) is 55.7 Å². The van der Waals surface area contributed by atoms with E-state index in [0.717, 1.165) is 18.4 Å². The van der Waals surface area contributed by atoms with Crippen LogP contribution in [0.3, 0.4) is 0 Å². The third-order valence-corrected chi connectivity index (χ3v) is 6.36. The SMILES string of the molecule is COc1cc(C(=O)Nc2cccc(S(=O)(=O)N3CCCC3)c2)ccc1C. The van der Waals surface area contributed by atoms with Crippen molar-refractivity contribution in [3.05, 3.63) is 53.6 Å². The molecule has 1 amide bonds. The van der Waals surface area contributed by atoms with E-state index < -0.39 is 10.0 Å². The first-order chi connectivity index (χ1) is 12.4. The Bertz CT molecular complexity index is 919. The average molecular weight is 374 g/mol. The van der Waals surface area contributed by atoms with Gasteiger partial charge in [0.05, 0.1) is 12.0 Å². The van der Waals surface area contributed by atoms with Crippen molar-refractivity contribution in [2.45, 2.75) is 24.7 Å². The zero-order valence-electron chi connectivity index (χ0n) is 14.9. The lowest BCUT2D eigenvalue weighted by molar-refractivity contribution is 0.102. The van der Waals surface area contributed by atoms with Crippen LogP contribution in [0.15, 0.2) is 47.4 Å². The summed E-state index contributed by atoms with van der Waals surface area (Å²) in [5.74, 6) is 0.307. The van der Waals surface area contributed by atoms with E-state index in [-0.39, 0.29) is 10.8 Å². The summed E-state index contributed by atoms with van der Waals surface area (Å²) in [7, 11) is -1.96. The summed E-state index contributed by atoms with van der Waals surface area (Å²) in [5.41, 5.74) is 1.82. The summed E-state index contributed by atoms with van der Waals surface area (Å²) in [4.78, 5) is 12.7. The molecule has 1 saturated heterocycles. The predicted octanol–water partition coefficient (Wildman–Crippen LogP) is 3.04. The second-order valence-corrected chi connectivity index (χ2v) is 8.22. The minimum absolute atomic E-state index is 0.193. The van der Waals surface area contributed by atoms with Crippen molar-refractivity contribution in [3.8, 4) is 5.75 Å². The van der Waals surface area contributed by atoms with E-state index in [1.807, 2.05) is 13.0 Å². The number of carbonyl (C=O) groups excluding carboxylic acids is 1. The molecule has 0 aromatic heterocycles. The Hall–Kier alpha value is -2.38. The topological polar surface area (TPSA) is 75.7 Å². The molecule has 0 unspecified atom stereocenters. The number of sulfonamides is 1. The van der Waals surface area contributed by atoms with Crippen LogP contribution in [-0.4, -0.2) is 38.8 Å². The summed E-state index contributed by atoms with van der Waals surface area (Å²) in [5, 5.41) is 2.75. The Labute approximate surface area is 153 Å². The van der Waals surface area contributed by atoms with Crippen molar-refractivity contribution in [3.63, 3.8) is 0 Å². The van der Waals surface area contributed by atoms with Crippen LogP contribution in [0.25, 0.3) is 0 Å². The number of aryl methyl sites for hydroxylation is 1.